The highest BCUT2D eigenvalue weighted by atomic mass is 32.2. The van der Waals surface area contributed by atoms with Gasteiger partial charge in [0.15, 0.2) is 10.8 Å². The summed E-state index contributed by atoms with van der Waals surface area (Å²) in [5.41, 5.74) is 1.32. The summed E-state index contributed by atoms with van der Waals surface area (Å²) in [5.74, 6) is -0.303. The van der Waals surface area contributed by atoms with Crippen LogP contribution in [0.5, 0.6) is 0 Å². The van der Waals surface area contributed by atoms with Crippen LogP contribution in [0.15, 0.2) is 35.6 Å². The Kier molecular flexibility index (Phi) is 7.56. The molecule has 3 aromatic rings. The van der Waals surface area contributed by atoms with Crippen molar-refractivity contribution in [2.45, 2.75) is 37.2 Å². The van der Waals surface area contributed by atoms with E-state index in [1.165, 1.54) is 17.0 Å². The standard InChI is InChI=1S/C25H30FN7O3S/c1-16(2)37-25-29-22(31-9-11-36-12-10-31)20-14-28-33(23(20)30-25)8-7-27-24(35)17-13-21(34)32(15-17)19-5-3-18(26)4-6-19/h3-6,14,16-17H,7-13,15H2,1-2H3,(H,27,35). The molecule has 0 radical (unpaired) electrons. The topological polar surface area (TPSA) is 105 Å². The van der Waals surface area contributed by atoms with E-state index in [-0.39, 0.29) is 30.6 Å². The van der Waals surface area contributed by atoms with Crippen molar-refractivity contribution in [2.75, 3.05) is 49.2 Å². The second-order valence-corrected chi connectivity index (χ2v) is 10.9. The Bertz CT molecular complexity index is 1280. The molecule has 1 unspecified atom stereocenters. The van der Waals surface area contributed by atoms with Crippen molar-refractivity contribution in [1.82, 2.24) is 25.1 Å². The molecule has 2 aliphatic heterocycles. The van der Waals surface area contributed by atoms with E-state index in [1.807, 2.05) is 0 Å². The van der Waals surface area contributed by atoms with Gasteiger partial charge in [0.05, 0.1) is 37.3 Å². The SMILES string of the molecule is CC(C)Sc1nc(N2CCOCC2)c2cnn(CCNC(=O)C3CC(=O)N(c4ccc(F)cc4)C3)c2n1. The van der Waals surface area contributed by atoms with Gasteiger partial charge < -0.3 is 19.9 Å². The fourth-order valence-corrected chi connectivity index (χ4v) is 5.25. The van der Waals surface area contributed by atoms with Gasteiger partial charge in [-0.2, -0.15) is 5.10 Å². The number of hydrogen-bond acceptors (Lipinski definition) is 8. The van der Waals surface area contributed by atoms with Crippen molar-refractivity contribution in [2.24, 2.45) is 5.92 Å². The van der Waals surface area contributed by atoms with Gasteiger partial charge in [-0.1, -0.05) is 25.6 Å². The van der Waals surface area contributed by atoms with Gasteiger partial charge >= 0.3 is 0 Å². The second-order valence-electron chi connectivity index (χ2n) is 9.37. The third-order valence-corrected chi connectivity index (χ3v) is 7.23. The number of hydrogen-bond donors (Lipinski definition) is 1. The number of anilines is 2. The number of carbonyl (C=O) groups is 2. The molecule has 2 fully saturated rings. The third-order valence-electron chi connectivity index (χ3n) is 6.36. The minimum Gasteiger partial charge on any atom is -0.378 e. The molecule has 0 bridgehead atoms. The lowest BCUT2D eigenvalue weighted by atomic mass is 10.1. The number of rotatable bonds is 8. The highest BCUT2D eigenvalue weighted by Crippen LogP contribution is 2.29. The molecule has 0 spiro atoms. The monoisotopic (exact) mass is 527 g/mol. The molecule has 4 heterocycles. The Labute approximate surface area is 218 Å². The summed E-state index contributed by atoms with van der Waals surface area (Å²) in [4.78, 5) is 38.6. The predicted molar refractivity (Wildman–Crippen MR) is 139 cm³/mol. The number of halogens is 1. The minimum atomic E-state index is -0.462. The highest BCUT2D eigenvalue weighted by molar-refractivity contribution is 7.99. The molecule has 2 amide bonds. The molecule has 1 atom stereocenters. The molecule has 2 aromatic heterocycles. The Morgan fingerprint density at radius 1 is 1.22 bits per heavy atom. The summed E-state index contributed by atoms with van der Waals surface area (Å²) in [6, 6.07) is 5.72. The highest BCUT2D eigenvalue weighted by Gasteiger charge is 2.35. The lowest BCUT2D eigenvalue weighted by Gasteiger charge is -2.28. The van der Waals surface area contributed by atoms with Crippen LogP contribution in [0.2, 0.25) is 0 Å². The van der Waals surface area contributed by atoms with Crippen molar-refractivity contribution in [3.05, 3.63) is 36.3 Å². The van der Waals surface area contributed by atoms with Gasteiger partial charge in [-0.3, -0.25) is 9.59 Å². The van der Waals surface area contributed by atoms with E-state index in [4.69, 9.17) is 14.7 Å². The number of thioether (sulfide) groups is 1. The molecule has 2 aliphatic rings. The third kappa shape index (κ3) is 5.69. The van der Waals surface area contributed by atoms with Crippen LogP contribution < -0.4 is 15.1 Å². The van der Waals surface area contributed by atoms with Gasteiger partial charge in [-0.15, -0.1) is 0 Å². The number of nitrogens with one attached hydrogen (secondary N) is 1. The molecule has 12 heteroatoms. The zero-order chi connectivity index (χ0) is 25.9. The molecule has 37 heavy (non-hydrogen) atoms. The summed E-state index contributed by atoms with van der Waals surface area (Å²) in [6.07, 6.45) is 1.90. The molecule has 0 aliphatic carbocycles. The summed E-state index contributed by atoms with van der Waals surface area (Å²) < 4.78 is 20.5. The molecule has 2 saturated heterocycles. The van der Waals surface area contributed by atoms with Crippen molar-refractivity contribution in [3.8, 4) is 0 Å². The van der Waals surface area contributed by atoms with Gasteiger partial charge in [0, 0.05) is 43.5 Å². The average molecular weight is 528 g/mol. The maximum Gasteiger partial charge on any atom is 0.227 e. The van der Waals surface area contributed by atoms with Crippen LogP contribution in [-0.4, -0.2) is 76.2 Å². The van der Waals surface area contributed by atoms with E-state index >= 15 is 0 Å². The van der Waals surface area contributed by atoms with Crippen molar-refractivity contribution in [1.29, 1.82) is 0 Å². The van der Waals surface area contributed by atoms with E-state index in [0.717, 1.165) is 29.9 Å². The Morgan fingerprint density at radius 2 is 1.97 bits per heavy atom. The van der Waals surface area contributed by atoms with Gasteiger partial charge in [0.25, 0.3) is 0 Å². The van der Waals surface area contributed by atoms with Gasteiger partial charge in [-0.05, 0) is 24.3 Å². The minimum absolute atomic E-state index is 0.125. The van der Waals surface area contributed by atoms with Crippen LogP contribution in [-0.2, 0) is 20.9 Å². The summed E-state index contributed by atoms with van der Waals surface area (Å²) in [7, 11) is 0. The zero-order valence-electron chi connectivity index (χ0n) is 20.9. The zero-order valence-corrected chi connectivity index (χ0v) is 21.7. The number of nitrogens with zero attached hydrogens (tertiary/aromatic N) is 6. The first-order valence-electron chi connectivity index (χ1n) is 12.5. The molecular weight excluding hydrogens is 497 g/mol. The summed E-state index contributed by atoms with van der Waals surface area (Å²) >= 11 is 1.60. The predicted octanol–water partition coefficient (Wildman–Crippen LogP) is 2.47. The average Bonchev–Trinajstić information content (AvgIpc) is 3.48. The molecule has 10 nitrogen and oxygen atoms in total. The van der Waals surface area contributed by atoms with E-state index in [0.29, 0.717) is 42.4 Å². The second kappa shape index (κ2) is 11.0. The van der Waals surface area contributed by atoms with Crippen LogP contribution in [0.3, 0.4) is 0 Å². The number of benzene rings is 1. The molecular formula is C25H30FN7O3S. The first-order chi connectivity index (χ1) is 17.9. The number of morpholine rings is 1. The van der Waals surface area contributed by atoms with E-state index in [9.17, 15) is 14.0 Å². The normalized spacial score (nSPS) is 18.3. The maximum absolute atomic E-state index is 13.2. The molecule has 5 rings (SSSR count). The Balaban J connectivity index is 1.25. The van der Waals surface area contributed by atoms with Crippen molar-refractivity contribution >= 4 is 46.1 Å². The van der Waals surface area contributed by atoms with Crippen molar-refractivity contribution < 1.29 is 18.7 Å². The van der Waals surface area contributed by atoms with Crippen LogP contribution in [0.4, 0.5) is 15.9 Å². The maximum atomic E-state index is 13.2. The largest absolute Gasteiger partial charge is 0.378 e. The van der Waals surface area contributed by atoms with Crippen molar-refractivity contribution in [3.63, 3.8) is 0 Å². The number of carbonyl (C=O) groups excluding carboxylic acids is 2. The van der Waals surface area contributed by atoms with E-state index < -0.39 is 5.92 Å². The van der Waals surface area contributed by atoms with Crippen LogP contribution in [0.25, 0.3) is 11.0 Å². The van der Waals surface area contributed by atoms with E-state index in [2.05, 4.69) is 29.2 Å². The molecule has 1 N–H and O–H groups in total. The van der Waals surface area contributed by atoms with Crippen LogP contribution in [0, 0.1) is 11.7 Å². The summed E-state index contributed by atoms with van der Waals surface area (Å²) in [5, 5.41) is 9.37. The van der Waals surface area contributed by atoms with Gasteiger partial charge in [-0.25, -0.2) is 19.0 Å². The number of fused-ring (bicyclic) bond motifs is 1. The van der Waals surface area contributed by atoms with Crippen LogP contribution >= 0.6 is 11.8 Å². The van der Waals surface area contributed by atoms with Crippen LogP contribution in [0.1, 0.15) is 20.3 Å². The first-order valence-corrected chi connectivity index (χ1v) is 13.3. The Hall–Kier alpha value is -3.25. The fraction of sp³-hybridized carbons (Fsp3) is 0.480. The lowest BCUT2D eigenvalue weighted by Crippen LogP contribution is -2.37. The number of ether oxygens (including phenoxy) is 1. The van der Waals surface area contributed by atoms with E-state index in [1.54, 1.807) is 34.8 Å². The molecule has 0 saturated carbocycles. The fourth-order valence-electron chi connectivity index (χ4n) is 4.55. The van der Waals surface area contributed by atoms with Gasteiger partial charge in [0.1, 0.15) is 11.6 Å². The Morgan fingerprint density at radius 3 is 2.70 bits per heavy atom. The molecule has 196 valence electrons. The number of aromatic nitrogens is 4. The quantitative estimate of drug-likeness (QED) is 0.352. The number of amides is 2. The van der Waals surface area contributed by atoms with Gasteiger partial charge in [0.2, 0.25) is 11.8 Å². The lowest BCUT2D eigenvalue weighted by molar-refractivity contribution is -0.126. The smallest absolute Gasteiger partial charge is 0.227 e. The summed E-state index contributed by atoms with van der Waals surface area (Å²) in [6.45, 7) is 8.08. The first kappa shape index (κ1) is 25.4. The molecule has 1 aromatic carbocycles.